The Morgan fingerprint density at radius 1 is 1.02 bits per heavy atom. The van der Waals surface area contributed by atoms with E-state index >= 15 is 0 Å². The summed E-state index contributed by atoms with van der Waals surface area (Å²) >= 11 is 0. The van der Waals surface area contributed by atoms with Gasteiger partial charge in [-0.15, -0.1) is 0 Å². The van der Waals surface area contributed by atoms with Crippen LogP contribution in [0, 0.1) is 5.92 Å². The van der Waals surface area contributed by atoms with E-state index in [-0.39, 0.29) is 40.9 Å². The number of hydrogen-bond acceptors (Lipinski definition) is 8. The third kappa shape index (κ3) is 8.29. The van der Waals surface area contributed by atoms with Crippen LogP contribution in [-0.2, 0) is 26.0 Å². The molecule has 2 bridgehead atoms. The van der Waals surface area contributed by atoms with Crippen LogP contribution in [0.2, 0.25) is 0 Å². The first kappa shape index (κ1) is 32.4. The predicted molar refractivity (Wildman–Crippen MR) is 160 cm³/mol. The van der Waals surface area contributed by atoms with E-state index in [0.29, 0.717) is 19.3 Å². The van der Waals surface area contributed by atoms with E-state index in [1.54, 1.807) is 13.8 Å². The zero-order valence-corrected chi connectivity index (χ0v) is 25.2. The summed E-state index contributed by atoms with van der Waals surface area (Å²) < 4.78 is 34.5. The second kappa shape index (κ2) is 14.3. The number of nitrogens with one attached hydrogen (secondary N) is 4. The van der Waals surface area contributed by atoms with Crippen LogP contribution in [-0.4, -0.2) is 55.7 Å². The SMILES string of the molecule is CC(C)[C@@H]1NC(=O)[C@@H](NS(=O)(=O)c2ccc(C(N)=O)cc2)CCCCNC(=O)c2coc(n2)[C@@H](Cc2ccccc2)NC1=O. The average Bonchev–Trinajstić information content (AvgIpc) is 3.49. The van der Waals surface area contributed by atoms with Crippen LogP contribution in [0.25, 0.3) is 0 Å². The minimum atomic E-state index is -4.21. The van der Waals surface area contributed by atoms with Gasteiger partial charge in [0.05, 0.1) is 4.90 Å². The fourth-order valence-corrected chi connectivity index (χ4v) is 5.95. The summed E-state index contributed by atoms with van der Waals surface area (Å²) in [5.74, 6) is -2.65. The Kier molecular flexibility index (Phi) is 10.5. The third-order valence-electron chi connectivity index (χ3n) is 7.17. The van der Waals surface area contributed by atoms with Gasteiger partial charge >= 0.3 is 0 Å². The molecule has 1 aromatic heterocycles. The lowest BCUT2D eigenvalue weighted by atomic mass is 10.0. The smallest absolute Gasteiger partial charge is 0.273 e. The first-order chi connectivity index (χ1) is 20.9. The van der Waals surface area contributed by atoms with Gasteiger partial charge < -0.3 is 26.1 Å². The molecule has 0 spiro atoms. The lowest BCUT2D eigenvalue weighted by Crippen LogP contribution is -2.55. The van der Waals surface area contributed by atoms with Crippen molar-refractivity contribution in [2.24, 2.45) is 11.7 Å². The van der Waals surface area contributed by atoms with Crippen LogP contribution in [0.3, 0.4) is 0 Å². The Labute approximate surface area is 255 Å². The Morgan fingerprint density at radius 2 is 1.73 bits per heavy atom. The normalized spacial score (nSPS) is 20.4. The van der Waals surface area contributed by atoms with Crippen LogP contribution in [0.1, 0.15) is 71.5 Å². The maximum atomic E-state index is 13.6. The molecule has 0 radical (unpaired) electrons. The molecular weight excluding hydrogens is 588 g/mol. The minimum Gasteiger partial charge on any atom is -0.446 e. The summed E-state index contributed by atoms with van der Waals surface area (Å²) in [5, 5.41) is 8.37. The number of nitrogens with zero attached hydrogens (tertiary/aromatic N) is 1. The Balaban J connectivity index is 1.61. The standard InChI is InChI=1S/C30H36N6O7S/c1-18(2)25-29(40)33-23(16-19-8-4-3-5-9-19)30-34-24(17-43-30)27(38)32-15-7-6-10-22(28(39)35-25)36-44(41,42)21-13-11-20(12-14-21)26(31)37/h3-5,8-9,11-14,17-18,22-23,25,36H,6-7,10,15-16H2,1-2H3,(H2,31,37)(H,32,38)(H,33,40)(H,35,39)/t22-,23+,25-/m0/s1. The Morgan fingerprint density at radius 3 is 2.39 bits per heavy atom. The molecule has 0 saturated heterocycles. The molecular formula is C30H36N6O7S. The highest BCUT2D eigenvalue weighted by Crippen LogP contribution is 2.20. The number of fused-ring (bicyclic) bond motifs is 2. The molecule has 2 heterocycles. The maximum Gasteiger partial charge on any atom is 0.273 e. The molecule has 3 aromatic rings. The second-order valence-corrected chi connectivity index (χ2v) is 12.6. The number of primary amides is 1. The van der Waals surface area contributed by atoms with Gasteiger partial charge in [0.25, 0.3) is 5.91 Å². The van der Waals surface area contributed by atoms with Crippen LogP contribution >= 0.6 is 0 Å². The van der Waals surface area contributed by atoms with Crippen molar-refractivity contribution in [2.75, 3.05) is 6.54 Å². The zero-order chi connectivity index (χ0) is 31.9. The third-order valence-corrected chi connectivity index (χ3v) is 8.65. The molecule has 0 saturated carbocycles. The van der Waals surface area contributed by atoms with Gasteiger partial charge in [0.2, 0.25) is 33.6 Å². The monoisotopic (exact) mass is 624 g/mol. The van der Waals surface area contributed by atoms with Gasteiger partial charge in [0, 0.05) is 18.5 Å². The van der Waals surface area contributed by atoms with E-state index in [0.717, 1.165) is 5.56 Å². The number of oxazole rings is 1. The Bertz CT molecular complexity index is 1590. The number of carbonyl (C=O) groups excluding carboxylic acids is 4. The average molecular weight is 625 g/mol. The van der Waals surface area contributed by atoms with E-state index < -0.39 is 51.8 Å². The number of hydrogen-bond donors (Lipinski definition) is 5. The van der Waals surface area contributed by atoms with E-state index in [1.807, 2.05) is 30.3 Å². The highest BCUT2D eigenvalue weighted by molar-refractivity contribution is 7.89. The number of rotatable bonds is 7. The number of nitrogens with two attached hydrogens (primary N) is 1. The molecule has 13 nitrogen and oxygen atoms in total. The molecule has 234 valence electrons. The summed E-state index contributed by atoms with van der Waals surface area (Å²) in [7, 11) is -4.21. The first-order valence-corrected chi connectivity index (χ1v) is 15.7. The van der Waals surface area contributed by atoms with Crippen LogP contribution in [0.15, 0.2) is 70.2 Å². The van der Waals surface area contributed by atoms with Crippen LogP contribution in [0.5, 0.6) is 0 Å². The maximum absolute atomic E-state index is 13.6. The fourth-order valence-electron chi connectivity index (χ4n) is 4.72. The lowest BCUT2D eigenvalue weighted by molar-refractivity contribution is -0.131. The van der Waals surface area contributed by atoms with Gasteiger partial charge in [-0.05, 0) is 55.0 Å². The van der Waals surface area contributed by atoms with E-state index in [9.17, 15) is 27.6 Å². The van der Waals surface area contributed by atoms with Crippen molar-refractivity contribution in [1.29, 1.82) is 0 Å². The first-order valence-electron chi connectivity index (χ1n) is 14.2. The highest BCUT2D eigenvalue weighted by Gasteiger charge is 2.33. The lowest BCUT2D eigenvalue weighted by Gasteiger charge is -2.27. The van der Waals surface area contributed by atoms with Crippen molar-refractivity contribution in [2.45, 2.75) is 62.6 Å². The minimum absolute atomic E-state index is 0.0566. The predicted octanol–water partition coefficient (Wildman–Crippen LogP) is 1.58. The quantitative estimate of drug-likeness (QED) is 0.261. The summed E-state index contributed by atoms with van der Waals surface area (Å²) in [6.45, 7) is 3.75. The van der Waals surface area contributed by atoms with Gasteiger partial charge in [-0.1, -0.05) is 44.2 Å². The van der Waals surface area contributed by atoms with Crippen molar-refractivity contribution >= 4 is 33.7 Å². The van der Waals surface area contributed by atoms with E-state index in [1.165, 1.54) is 30.5 Å². The second-order valence-electron chi connectivity index (χ2n) is 10.9. The van der Waals surface area contributed by atoms with Crippen LogP contribution < -0.4 is 26.4 Å². The van der Waals surface area contributed by atoms with Crippen molar-refractivity contribution in [1.82, 2.24) is 25.7 Å². The van der Waals surface area contributed by atoms with Gasteiger partial charge in [-0.2, -0.15) is 4.72 Å². The van der Waals surface area contributed by atoms with Crippen molar-refractivity contribution in [3.63, 3.8) is 0 Å². The van der Waals surface area contributed by atoms with E-state index in [4.69, 9.17) is 10.2 Å². The highest BCUT2D eigenvalue weighted by atomic mass is 32.2. The fraction of sp³-hybridized carbons (Fsp3) is 0.367. The molecule has 44 heavy (non-hydrogen) atoms. The zero-order valence-electron chi connectivity index (χ0n) is 24.4. The Hall–Kier alpha value is -4.56. The topological polar surface area (TPSA) is 203 Å². The van der Waals surface area contributed by atoms with Crippen LogP contribution in [0.4, 0.5) is 0 Å². The molecule has 0 unspecified atom stereocenters. The molecule has 2 aromatic carbocycles. The van der Waals surface area contributed by atoms with Crippen molar-refractivity contribution in [3.8, 4) is 0 Å². The molecule has 4 amide bonds. The number of carbonyl (C=O) groups is 4. The number of aromatic nitrogens is 1. The number of sulfonamides is 1. The molecule has 14 heteroatoms. The molecule has 1 aliphatic rings. The summed E-state index contributed by atoms with van der Waals surface area (Å²) in [6.07, 6.45) is 2.40. The van der Waals surface area contributed by atoms with Gasteiger partial charge in [-0.3, -0.25) is 19.2 Å². The van der Waals surface area contributed by atoms with Gasteiger partial charge in [0.1, 0.15) is 24.4 Å². The molecule has 0 fully saturated rings. The number of benzene rings is 2. The largest absolute Gasteiger partial charge is 0.446 e. The van der Waals surface area contributed by atoms with Crippen molar-refractivity contribution in [3.05, 3.63) is 83.6 Å². The summed E-state index contributed by atoms with van der Waals surface area (Å²) in [4.78, 5) is 55.5. The summed E-state index contributed by atoms with van der Waals surface area (Å²) in [6, 6.07) is 11.3. The van der Waals surface area contributed by atoms with Gasteiger partial charge in [-0.25, -0.2) is 13.4 Å². The molecule has 4 rings (SSSR count). The molecule has 3 atom stereocenters. The molecule has 0 aliphatic carbocycles. The van der Waals surface area contributed by atoms with Gasteiger partial charge in [0.15, 0.2) is 5.69 Å². The molecule has 1 aliphatic heterocycles. The molecule has 6 N–H and O–H groups in total. The summed E-state index contributed by atoms with van der Waals surface area (Å²) in [5.41, 5.74) is 6.32. The van der Waals surface area contributed by atoms with Crippen molar-refractivity contribution < 1.29 is 32.0 Å². The van der Waals surface area contributed by atoms with E-state index in [2.05, 4.69) is 25.7 Å². The number of amides is 4.